The first kappa shape index (κ1) is 16.5. The molecule has 5 nitrogen and oxygen atoms in total. The van der Waals surface area contributed by atoms with E-state index in [1.807, 2.05) is 20.8 Å². The molecule has 1 amide bonds. The monoisotopic (exact) mass is 310 g/mol. The molecule has 1 aliphatic heterocycles. The molecule has 2 heterocycles. The standard InChI is InChI=1S/C16H23FN2O3/c1-16(2,3)22-15(20)19-9-5-6-12(10-19)11-21-14-8-4-7-13(17)18-14/h4,7-8,12H,5-6,9-11H2,1-3H3. The first-order valence-corrected chi connectivity index (χ1v) is 7.57. The van der Waals surface area contributed by atoms with Crippen molar-refractivity contribution in [2.24, 2.45) is 5.92 Å². The number of likely N-dealkylation sites (tertiary alicyclic amines) is 1. The average Bonchev–Trinajstić information content (AvgIpc) is 2.44. The van der Waals surface area contributed by atoms with Gasteiger partial charge in [-0.3, -0.25) is 0 Å². The van der Waals surface area contributed by atoms with Crippen LogP contribution in [0.4, 0.5) is 9.18 Å². The summed E-state index contributed by atoms with van der Waals surface area (Å²) >= 11 is 0. The lowest BCUT2D eigenvalue weighted by molar-refractivity contribution is 0.0138. The van der Waals surface area contributed by atoms with E-state index < -0.39 is 11.5 Å². The van der Waals surface area contributed by atoms with Gasteiger partial charge in [-0.2, -0.15) is 9.37 Å². The van der Waals surface area contributed by atoms with Crippen LogP contribution in [0.1, 0.15) is 33.6 Å². The summed E-state index contributed by atoms with van der Waals surface area (Å²) in [7, 11) is 0. The quantitative estimate of drug-likeness (QED) is 0.804. The Hall–Kier alpha value is -1.85. The van der Waals surface area contributed by atoms with Crippen LogP contribution in [0.5, 0.6) is 5.88 Å². The highest BCUT2D eigenvalue weighted by atomic mass is 19.1. The summed E-state index contributed by atoms with van der Waals surface area (Å²) < 4.78 is 23.9. The highest BCUT2D eigenvalue weighted by Gasteiger charge is 2.27. The molecule has 1 fully saturated rings. The van der Waals surface area contributed by atoms with Gasteiger partial charge in [-0.15, -0.1) is 0 Å². The van der Waals surface area contributed by atoms with Crippen LogP contribution in [0.15, 0.2) is 18.2 Å². The van der Waals surface area contributed by atoms with Gasteiger partial charge in [0.25, 0.3) is 0 Å². The van der Waals surface area contributed by atoms with Crippen LogP contribution < -0.4 is 4.74 Å². The summed E-state index contributed by atoms with van der Waals surface area (Å²) in [5.41, 5.74) is -0.494. The number of aromatic nitrogens is 1. The van der Waals surface area contributed by atoms with Gasteiger partial charge in [-0.25, -0.2) is 4.79 Å². The molecule has 1 aromatic heterocycles. The number of ether oxygens (including phenoxy) is 2. The summed E-state index contributed by atoms with van der Waals surface area (Å²) in [4.78, 5) is 17.5. The van der Waals surface area contributed by atoms with Crippen molar-refractivity contribution in [1.29, 1.82) is 0 Å². The summed E-state index contributed by atoms with van der Waals surface area (Å²) in [5, 5.41) is 0. The van der Waals surface area contributed by atoms with Crippen LogP contribution in [0.25, 0.3) is 0 Å². The van der Waals surface area contributed by atoms with Gasteiger partial charge in [0, 0.05) is 25.1 Å². The summed E-state index contributed by atoms with van der Waals surface area (Å²) in [6, 6.07) is 4.46. The van der Waals surface area contributed by atoms with Gasteiger partial charge >= 0.3 is 6.09 Å². The number of carbonyl (C=O) groups excluding carboxylic acids is 1. The van der Waals surface area contributed by atoms with Crippen molar-refractivity contribution in [2.45, 2.75) is 39.2 Å². The Balaban J connectivity index is 1.84. The maximum atomic E-state index is 13.0. The van der Waals surface area contributed by atoms with Crippen molar-refractivity contribution < 1.29 is 18.7 Å². The molecule has 22 heavy (non-hydrogen) atoms. The van der Waals surface area contributed by atoms with Gasteiger partial charge in [0.1, 0.15) is 5.60 Å². The van der Waals surface area contributed by atoms with Crippen molar-refractivity contribution in [3.8, 4) is 5.88 Å². The molecular formula is C16H23FN2O3. The Kier molecular flexibility index (Phi) is 5.21. The zero-order chi connectivity index (χ0) is 16.2. The van der Waals surface area contributed by atoms with E-state index in [-0.39, 0.29) is 17.9 Å². The molecule has 0 aliphatic carbocycles. The average molecular weight is 310 g/mol. The Morgan fingerprint density at radius 1 is 1.45 bits per heavy atom. The van der Waals surface area contributed by atoms with E-state index in [2.05, 4.69) is 4.98 Å². The van der Waals surface area contributed by atoms with E-state index >= 15 is 0 Å². The molecule has 1 saturated heterocycles. The number of halogens is 1. The fourth-order valence-electron chi connectivity index (χ4n) is 2.37. The maximum absolute atomic E-state index is 13.0. The second-order valence-corrected chi connectivity index (χ2v) is 6.54. The van der Waals surface area contributed by atoms with Crippen molar-refractivity contribution in [2.75, 3.05) is 19.7 Å². The molecule has 0 saturated carbocycles. The molecule has 0 spiro atoms. The molecule has 2 rings (SSSR count). The van der Waals surface area contributed by atoms with Crippen LogP contribution in [-0.2, 0) is 4.74 Å². The SMILES string of the molecule is CC(C)(C)OC(=O)N1CCCC(COc2cccc(F)n2)C1. The summed E-state index contributed by atoms with van der Waals surface area (Å²) in [6.07, 6.45) is 1.58. The Morgan fingerprint density at radius 2 is 2.23 bits per heavy atom. The molecule has 1 unspecified atom stereocenters. The zero-order valence-corrected chi connectivity index (χ0v) is 13.3. The van der Waals surface area contributed by atoms with E-state index in [9.17, 15) is 9.18 Å². The van der Waals surface area contributed by atoms with Gasteiger partial charge in [0.05, 0.1) is 6.61 Å². The van der Waals surface area contributed by atoms with Crippen molar-refractivity contribution in [3.05, 3.63) is 24.1 Å². The summed E-state index contributed by atoms with van der Waals surface area (Å²) in [5.74, 6) is -0.0859. The second-order valence-electron chi connectivity index (χ2n) is 6.54. The van der Waals surface area contributed by atoms with Gasteiger partial charge in [-0.05, 0) is 39.7 Å². The van der Waals surface area contributed by atoms with E-state index in [0.29, 0.717) is 19.7 Å². The lowest BCUT2D eigenvalue weighted by Gasteiger charge is -2.33. The number of pyridine rings is 1. The summed E-state index contributed by atoms with van der Waals surface area (Å²) in [6.45, 7) is 7.25. The third-order valence-electron chi connectivity index (χ3n) is 3.33. The maximum Gasteiger partial charge on any atom is 0.410 e. The van der Waals surface area contributed by atoms with Crippen LogP contribution >= 0.6 is 0 Å². The van der Waals surface area contributed by atoms with Crippen LogP contribution in [0.3, 0.4) is 0 Å². The van der Waals surface area contributed by atoms with Gasteiger partial charge in [-0.1, -0.05) is 6.07 Å². The van der Waals surface area contributed by atoms with Crippen LogP contribution in [-0.4, -0.2) is 41.3 Å². The molecule has 0 aromatic carbocycles. The fourth-order valence-corrected chi connectivity index (χ4v) is 2.37. The zero-order valence-electron chi connectivity index (χ0n) is 13.3. The highest BCUT2D eigenvalue weighted by Crippen LogP contribution is 2.20. The predicted molar refractivity (Wildman–Crippen MR) is 80.2 cm³/mol. The minimum absolute atomic E-state index is 0.200. The number of piperidine rings is 1. The smallest absolute Gasteiger partial charge is 0.410 e. The second kappa shape index (κ2) is 6.94. The van der Waals surface area contributed by atoms with Crippen molar-refractivity contribution in [3.63, 3.8) is 0 Å². The lowest BCUT2D eigenvalue weighted by atomic mass is 9.99. The van der Waals surface area contributed by atoms with Gasteiger partial charge in [0.2, 0.25) is 11.8 Å². The molecule has 1 aromatic rings. The lowest BCUT2D eigenvalue weighted by Crippen LogP contribution is -2.44. The largest absolute Gasteiger partial charge is 0.477 e. The predicted octanol–water partition coefficient (Wildman–Crippen LogP) is 3.25. The van der Waals surface area contributed by atoms with E-state index in [0.717, 1.165) is 12.8 Å². The topological polar surface area (TPSA) is 51.7 Å². The fraction of sp³-hybridized carbons (Fsp3) is 0.625. The third-order valence-corrected chi connectivity index (χ3v) is 3.33. The van der Waals surface area contributed by atoms with Gasteiger partial charge < -0.3 is 14.4 Å². The van der Waals surface area contributed by atoms with E-state index in [4.69, 9.17) is 9.47 Å². The Labute approximate surface area is 130 Å². The number of amides is 1. The Morgan fingerprint density at radius 3 is 2.91 bits per heavy atom. The molecule has 1 atom stereocenters. The van der Waals surface area contributed by atoms with Crippen molar-refractivity contribution in [1.82, 2.24) is 9.88 Å². The molecule has 6 heteroatoms. The highest BCUT2D eigenvalue weighted by molar-refractivity contribution is 5.68. The minimum Gasteiger partial charge on any atom is -0.477 e. The van der Waals surface area contributed by atoms with Crippen molar-refractivity contribution >= 4 is 6.09 Å². The number of hydrogen-bond donors (Lipinski definition) is 0. The van der Waals surface area contributed by atoms with Crippen LogP contribution in [0, 0.1) is 11.9 Å². The number of nitrogens with zero attached hydrogens (tertiary/aromatic N) is 2. The molecule has 0 N–H and O–H groups in total. The first-order valence-electron chi connectivity index (χ1n) is 7.57. The minimum atomic E-state index is -0.559. The normalized spacial score (nSPS) is 18.9. The molecule has 1 aliphatic rings. The van der Waals surface area contributed by atoms with Gasteiger partial charge in [0.15, 0.2) is 0 Å². The molecule has 122 valence electrons. The molecule has 0 radical (unpaired) electrons. The van der Waals surface area contributed by atoms with Crippen LogP contribution in [0.2, 0.25) is 0 Å². The first-order chi connectivity index (χ1) is 10.3. The Bertz CT molecular complexity index is 516. The number of rotatable bonds is 3. The number of hydrogen-bond acceptors (Lipinski definition) is 4. The molecule has 0 bridgehead atoms. The number of carbonyl (C=O) groups is 1. The third kappa shape index (κ3) is 5.16. The molecular weight excluding hydrogens is 287 g/mol. The van der Waals surface area contributed by atoms with E-state index in [1.54, 1.807) is 17.0 Å². The van der Waals surface area contributed by atoms with E-state index in [1.165, 1.54) is 6.07 Å².